The van der Waals surface area contributed by atoms with Crippen molar-refractivity contribution in [3.8, 4) is 0 Å². The Morgan fingerprint density at radius 3 is 2.50 bits per heavy atom. The van der Waals surface area contributed by atoms with Crippen molar-refractivity contribution >= 4 is 33.0 Å². The quantitative estimate of drug-likeness (QED) is 0.834. The Kier molecular flexibility index (Phi) is 6.11. The number of carbonyl (C=O) groups is 1. The van der Waals surface area contributed by atoms with Gasteiger partial charge in [0.15, 0.2) is 0 Å². The fourth-order valence-electron chi connectivity index (χ4n) is 2.79. The standard InChI is InChI=1S/C16H24ClN3O3S/c1-12-3-4-13(17)11-15(12)19-6-8-20(9-7-19)16(21)14(18)5-10-24(2,22)23/h3-4,11,14H,5-10,18H2,1-2H3. The first-order chi connectivity index (χ1) is 11.2. The van der Waals surface area contributed by atoms with Crippen LogP contribution in [0.2, 0.25) is 5.02 Å². The minimum Gasteiger partial charge on any atom is -0.368 e. The molecule has 8 heteroatoms. The number of nitrogens with zero attached hydrogens (tertiary/aromatic N) is 2. The molecule has 1 heterocycles. The van der Waals surface area contributed by atoms with Crippen molar-refractivity contribution in [3.05, 3.63) is 28.8 Å². The van der Waals surface area contributed by atoms with Crippen LogP contribution in [0.3, 0.4) is 0 Å². The number of anilines is 1. The van der Waals surface area contributed by atoms with Gasteiger partial charge in [0, 0.05) is 43.1 Å². The van der Waals surface area contributed by atoms with E-state index in [1.165, 1.54) is 0 Å². The highest BCUT2D eigenvalue weighted by Crippen LogP contribution is 2.25. The second-order valence-electron chi connectivity index (χ2n) is 6.27. The first-order valence-electron chi connectivity index (χ1n) is 7.90. The number of amides is 1. The number of benzene rings is 1. The molecule has 1 aliphatic rings. The van der Waals surface area contributed by atoms with E-state index in [1.54, 1.807) is 4.90 Å². The third-order valence-corrected chi connectivity index (χ3v) is 5.43. The van der Waals surface area contributed by atoms with Crippen LogP contribution in [-0.4, -0.2) is 63.5 Å². The fraction of sp³-hybridized carbons (Fsp3) is 0.562. The summed E-state index contributed by atoms with van der Waals surface area (Å²) in [6.45, 7) is 4.57. The minimum atomic E-state index is -3.11. The Hall–Kier alpha value is -1.31. The molecule has 134 valence electrons. The molecule has 1 unspecified atom stereocenters. The smallest absolute Gasteiger partial charge is 0.239 e. The number of carbonyl (C=O) groups excluding carboxylic acids is 1. The van der Waals surface area contributed by atoms with Crippen molar-refractivity contribution in [3.63, 3.8) is 0 Å². The third kappa shape index (κ3) is 5.09. The molecule has 1 saturated heterocycles. The number of rotatable bonds is 5. The second kappa shape index (κ2) is 7.72. The number of halogens is 1. The molecular weight excluding hydrogens is 350 g/mol. The van der Waals surface area contributed by atoms with Gasteiger partial charge in [-0.3, -0.25) is 4.79 Å². The van der Waals surface area contributed by atoms with E-state index in [2.05, 4.69) is 4.90 Å². The van der Waals surface area contributed by atoms with Gasteiger partial charge in [-0.1, -0.05) is 17.7 Å². The van der Waals surface area contributed by atoms with E-state index in [0.29, 0.717) is 31.2 Å². The summed E-state index contributed by atoms with van der Waals surface area (Å²) in [5.74, 6) is -0.247. The molecule has 0 bridgehead atoms. The molecule has 1 atom stereocenters. The van der Waals surface area contributed by atoms with E-state index < -0.39 is 15.9 Å². The molecule has 0 radical (unpaired) electrons. The summed E-state index contributed by atoms with van der Waals surface area (Å²) in [6.07, 6.45) is 1.31. The van der Waals surface area contributed by atoms with Crippen molar-refractivity contribution in [2.24, 2.45) is 5.73 Å². The molecule has 1 aromatic rings. The van der Waals surface area contributed by atoms with Gasteiger partial charge in [0.25, 0.3) is 0 Å². The number of hydrogen-bond donors (Lipinski definition) is 1. The maximum absolute atomic E-state index is 12.3. The van der Waals surface area contributed by atoms with Crippen molar-refractivity contribution in [2.45, 2.75) is 19.4 Å². The summed E-state index contributed by atoms with van der Waals surface area (Å²) >= 11 is 6.07. The number of hydrogen-bond acceptors (Lipinski definition) is 5. The molecule has 2 rings (SSSR count). The van der Waals surface area contributed by atoms with E-state index in [9.17, 15) is 13.2 Å². The average molecular weight is 374 g/mol. The maximum atomic E-state index is 12.3. The predicted octanol–water partition coefficient (Wildman–Crippen LogP) is 1.06. The Morgan fingerprint density at radius 2 is 1.92 bits per heavy atom. The zero-order valence-corrected chi connectivity index (χ0v) is 15.6. The second-order valence-corrected chi connectivity index (χ2v) is 8.96. The molecule has 24 heavy (non-hydrogen) atoms. The highest BCUT2D eigenvalue weighted by atomic mass is 35.5. The lowest BCUT2D eigenvalue weighted by Crippen LogP contribution is -2.53. The van der Waals surface area contributed by atoms with Crippen LogP contribution in [0.1, 0.15) is 12.0 Å². The van der Waals surface area contributed by atoms with Crippen LogP contribution in [0.15, 0.2) is 18.2 Å². The van der Waals surface area contributed by atoms with E-state index in [-0.39, 0.29) is 18.1 Å². The molecule has 2 N–H and O–H groups in total. The highest BCUT2D eigenvalue weighted by molar-refractivity contribution is 7.90. The zero-order chi connectivity index (χ0) is 17.9. The summed E-state index contributed by atoms with van der Waals surface area (Å²) in [4.78, 5) is 16.3. The third-order valence-electron chi connectivity index (χ3n) is 4.22. The molecule has 0 aliphatic carbocycles. The lowest BCUT2D eigenvalue weighted by molar-refractivity contribution is -0.132. The first kappa shape index (κ1) is 19.0. The Bertz CT molecular complexity index is 701. The predicted molar refractivity (Wildman–Crippen MR) is 97.3 cm³/mol. The van der Waals surface area contributed by atoms with Crippen LogP contribution in [0.5, 0.6) is 0 Å². The Morgan fingerprint density at radius 1 is 1.29 bits per heavy atom. The molecule has 0 aromatic heterocycles. The van der Waals surface area contributed by atoms with E-state index in [4.69, 9.17) is 17.3 Å². The SMILES string of the molecule is Cc1ccc(Cl)cc1N1CCN(C(=O)C(N)CCS(C)(=O)=O)CC1. The fourth-order valence-corrected chi connectivity index (χ4v) is 3.64. The summed E-state index contributed by atoms with van der Waals surface area (Å²) in [7, 11) is -3.11. The number of piperazine rings is 1. The van der Waals surface area contributed by atoms with Crippen molar-refractivity contribution in [2.75, 3.05) is 43.1 Å². The highest BCUT2D eigenvalue weighted by Gasteiger charge is 2.26. The number of nitrogens with two attached hydrogens (primary N) is 1. The van der Waals surface area contributed by atoms with Crippen LogP contribution in [0.25, 0.3) is 0 Å². The summed E-state index contributed by atoms with van der Waals surface area (Å²) < 4.78 is 22.4. The summed E-state index contributed by atoms with van der Waals surface area (Å²) in [5.41, 5.74) is 8.08. The van der Waals surface area contributed by atoms with E-state index >= 15 is 0 Å². The number of aryl methyl sites for hydroxylation is 1. The van der Waals surface area contributed by atoms with Crippen LogP contribution in [0.4, 0.5) is 5.69 Å². The molecule has 1 aromatic carbocycles. The van der Waals surface area contributed by atoms with Crippen molar-refractivity contribution < 1.29 is 13.2 Å². The Balaban J connectivity index is 1.92. The average Bonchev–Trinajstić information content (AvgIpc) is 2.53. The number of sulfone groups is 1. The van der Waals surface area contributed by atoms with Gasteiger partial charge < -0.3 is 15.5 Å². The molecule has 1 aliphatic heterocycles. The topological polar surface area (TPSA) is 83.7 Å². The molecule has 0 spiro atoms. The molecule has 1 amide bonds. The van der Waals surface area contributed by atoms with Crippen LogP contribution >= 0.6 is 11.6 Å². The van der Waals surface area contributed by atoms with Gasteiger partial charge >= 0.3 is 0 Å². The van der Waals surface area contributed by atoms with Crippen LogP contribution in [-0.2, 0) is 14.6 Å². The molecular formula is C16H24ClN3O3S. The van der Waals surface area contributed by atoms with E-state index in [0.717, 1.165) is 17.5 Å². The monoisotopic (exact) mass is 373 g/mol. The van der Waals surface area contributed by atoms with Gasteiger partial charge in [0.05, 0.1) is 11.8 Å². The molecule has 0 saturated carbocycles. The lowest BCUT2D eigenvalue weighted by atomic mass is 10.1. The zero-order valence-electron chi connectivity index (χ0n) is 14.0. The van der Waals surface area contributed by atoms with Crippen molar-refractivity contribution in [1.82, 2.24) is 4.90 Å². The van der Waals surface area contributed by atoms with Gasteiger partial charge in [-0.25, -0.2) is 8.42 Å². The Labute approximate surface area is 148 Å². The van der Waals surface area contributed by atoms with Gasteiger partial charge in [0.2, 0.25) is 5.91 Å². The van der Waals surface area contributed by atoms with E-state index in [1.807, 2.05) is 25.1 Å². The maximum Gasteiger partial charge on any atom is 0.239 e. The normalized spacial score (nSPS) is 17.0. The molecule has 6 nitrogen and oxygen atoms in total. The minimum absolute atomic E-state index is 0.0679. The van der Waals surface area contributed by atoms with Crippen LogP contribution in [0, 0.1) is 6.92 Å². The van der Waals surface area contributed by atoms with Gasteiger partial charge in [0.1, 0.15) is 9.84 Å². The summed E-state index contributed by atoms with van der Waals surface area (Å²) in [5, 5.41) is 0.692. The first-order valence-corrected chi connectivity index (χ1v) is 10.3. The van der Waals surface area contributed by atoms with Gasteiger partial charge in [-0.15, -0.1) is 0 Å². The van der Waals surface area contributed by atoms with Crippen molar-refractivity contribution in [1.29, 1.82) is 0 Å². The largest absolute Gasteiger partial charge is 0.368 e. The van der Waals surface area contributed by atoms with Crippen LogP contribution < -0.4 is 10.6 Å². The lowest BCUT2D eigenvalue weighted by Gasteiger charge is -2.37. The van der Waals surface area contributed by atoms with Gasteiger partial charge in [-0.05, 0) is 31.0 Å². The summed E-state index contributed by atoms with van der Waals surface area (Å²) in [6, 6.07) is 5.02. The van der Waals surface area contributed by atoms with Gasteiger partial charge in [-0.2, -0.15) is 0 Å². The molecule has 1 fully saturated rings.